The van der Waals surface area contributed by atoms with Crippen LogP contribution >= 0.6 is 0 Å². The summed E-state index contributed by atoms with van der Waals surface area (Å²) in [5.74, 6) is -0.0506. The molecule has 19 heavy (non-hydrogen) atoms. The van der Waals surface area contributed by atoms with E-state index in [2.05, 4.69) is 9.50 Å². The summed E-state index contributed by atoms with van der Waals surface area (Å²) in [5.41, 5.74) is 0.237. The van der Waals surface area contributed by atoms with Gasteiger partial charge in [0.1, 0.15) is 23.2 Å². The van der Waals surface area contributed by atoms with Gasteiger partial charge in [-0.3, -0.25) is 10.1 Å². The van der Waals surface area contributed by atoms with E-state index in [1.165, 1.54) is 12.1 Å². The van der Waals surface area contributed by atoms with Crippen LogP contribution < -0.4 is 9.50 Å². The summed E-state index contributed by atoms with van der Waals surface area (Å²) >= 11 is -2.58. The molecule has 7 heteroatoms. The van der Waals surface area contributed by atoms with Crippen LogP contribution in [0.4, 0.5) is 0 Å². The van der Waals surface area contributed by atoms with Gasteiger partial charge in [-0.25, -0.2) is 4.21 Å². The molecule has 0 radical (unpaired) electrons. The molecule has 0 spiro atoms. The van der Waals surface area contributed by atoms with Crippen LogP contribution in [-0.2, 0) is 27.3 Å². The molecule has 0 saturated carbocycles. The van der Waals surface area contributed by atoms with Crippen molar-refractivity contribution in [2.75, 3.05) is 0 Å². The van der Waals surface area contributed by atoms with Gasteiger partial charge in [0.05, 0.1) is 0 Å². The van der Waals surface area contributed by atoms with Crippen molar-refractivity contribution in [3.05, 3.63) is 29.8 Å². The Morgan fingerprint density at radius 3 is 2.53 bits per heavy atom. The van der Waals surface area contributed by atoms with Gasteiger partial charge < -0.3 is 13.5 Å². The van der Waals surface area contributed by atoms with E-state index < -0.39 is 23.1 Å². The van der Waals surface area contributed by atoms with E-state index in [1.54, 1.807) is 26.0 Å². The van der Waals surface area contributed by atoms with Crippen molar-refractivity contribution in [1.29, 1.82) is 0 Å². The molecule has 0 amide bonds. The number of carbonyl (C=O) groups excluding carboxylic acids is 1. The van der Waals surface area contributed by atoms with Crippen LogP contribution in [0.3, 0.4) is 0 Å². The van der Waals surface area contributed by atoms with E-state index in [0.29, 0.717) is 6.42 Å². The number of nitrogens with one attached hydrogen (secondary N) is 1. The molecular formula is C12H14NO5S-. The molecule has 1 aromatic carbocycles. The van der Waals surface area contributed by atoms with Gasteiger partial charge in [-0.05, 0) is 38.0 Å². The van der Waals surface area contributed by atoms with Crippen molar-refractivity contribution >= 4 is 17.3 Å². The second kappa shape index (κ2) is 5.28. The maximum atomic E-state index is 11.6. The zero-order valence-corrected chi connectivity index (χ0v) is 11.4. The van der Waals surface area contributed by atoms with Crippen LogP contribution in [0.25, 0.3) is 0 Å². The molecule has 1 aliphatic rings. The van der Waals surface area contributed by atoms with Crippen LogP contribution in [0.1, 0.15) is 19.4 Å². The van der Waals surface area contributed by atoms with Crippen molar-refractivity contribution in [3.8, 4) is 5.75 Å². The van der Waals surface area contributed by atoms with Gasteiger partial charge in [0.15, 0.2) is 5.72 Å². The highest BCUT2D eigenvalue weighted by Crippen LogP contribution is 2.20. The molecule has 0 bridgehead atoms. The Labute approximate surface area is 113 Å². The lowest BCUT2D eigenvalue weighted by molar-refractivity contribution is -0.147. The monoisotopic (exact) mass is 284 g/mol. The lowest BCUT2D eigenvalue weighted by atomic mass is 10.1. The van der Waals surface area contributed by atoms with Gasteiger partial charge in [0.2, 0.25) is 0 Å². The SMILES string of the molecule is CC1(C)NC(Cc2ccc(OS(=O)[O-])cc2)C(=O)O1. The van der Waals surface area contributed by atoms with Gasteiger partial charge in [0.25, 0.3) is 0 Å². The Hall–Kier alpha value is -1.44. The van der Waals surface area contributed by atoms with Gasteiger partial charge in [0, 0.05) is 0 Å². The summed E-state index contributed by atoms with van der Waals surface area (Å²) < 4.78 is 30.4. The normalized spacial score (nSPS) is 22.9. The van der Waals surface area contributed by atoms with Crippen molar-refractivity contribution in [1.82, 2.24) is 5.32 Å². The third-order valence-corrected chi connectivity index (χ3v) is 3.02. The predicted molar refractivity (Wildman–Crippen MR) is 66.8 cm³/mol. The summed E-state index contributed by atoms with van der Waals surface area (Å²) in [5, 5.41) is 3.07. The molecule has 2 atom stereocenters. The largest absolute Gasteiger partial charge is 0.740 e. The average Bonchev–Trinajstić information content (AvgIpc) is 2.54. The number of hydrogen-bond acceptors (Lipinski definition) is 6. The minimum atomic E-state index is -2.58. The predicted octanol–water partition coefficient (Wildman–Crippen LogP) is 0.653. The van der Waals surface area contributed by atoms with E-state index in [9.17, 15) is 13.6 Å². The standard InChI is InChI=1S/C12H15NO5S/c1-12(2)13-10(11(14)17-12)7-8-3-5-9(6-4-8)18-19(15)16/h3-6,10,13H,7H2,1-2H3,(H,15,16)/p-1. The Bertz CT molecular complexity index is 499. The summed E-state index contributed by atoms with van der Waals surface area (Å²) in [4.78, 5) is 11.6. The Kier molecular flexibility index (Phi) is 3.88. The maximum absolute atomic E-state index is 11.6. The highest BCUT2D eigenvalue weighted by molar-refractivity contribution is 7.74. The van der Waals surface area contributed by atoms with E-state index in [0.717, 1.165) is 5.56 Å². The zero-order valence-electron chi connectivity index (χ0n) is 10.5. The fourth-order valence-electron chi connectivity index (χ4n) is 1.96. The number of cyclic esters (lactones) is 1. The molecule has 1 saturated heterocycles. The highest BCUT2D eigenvalue weighted by atomic mass is 32.2. The molecule has 1 fully saturated rings. The second-order valence-electron chi connectivity index (χ2n) is 4.76. The average molecular weight is 284 g/mol. The molecule has 1 N–H and O–H groups in total. The molecule has 1 aromatic rings. The second-order valence-corrected chi connectivity index (χ2v) is 5.34. The number of carbonyl (C=O) groups is 1. The van der Waals surface area contributed by atoms with Gasteiger partial charge in [-0.2, -0.15) is 0 Å². The fraction of sp³-hybridized carbons (Fsp3) is 0.417. The van der Waals surface area contributed by atoms with Crippen LogP contribution in [0.2, 0.25) is 0 Å². The van der Waals surface area contributed by atoms with Crippen molar-refractivity contribution in [3.63, 3.8) is 0 Å². The van der Waals surface area contributed by atoms with Gasteiger partial charge in [-0.1, -0.05) is 12.1 Å². The molecule has 6 nitrogen and oxygen atoms in total. The Morgan fingerprint density at radius 1 is 1.42 bits per heavy atom. The molecule has 1 aliphatic heterocycles. The number of hydrogen-bond donors (Lipinski definition) is 1. The van der Waals surface area contributed by atoms with Crippen LogP contribution in [0.5, 0.6) is 5.75 Å². The third kappa shape index (κ3) is 3.76. The Balaban J connectivity index is 2.00. The van der Waals surface area contributed by atoms with Crippen LogP contribution in [0.15, 0.2) is 24.3 Å². The number of esters is 1. The Morgan fingerprint density at radius 2 is 2.05 bits per heavy atom. The number of ether oxygens (including phenoxy) is 1. The zero-order chi connectivity index (χ0) is 14.0. The van der Waals surface area contributed by atoms with Crippen molar-refractivity contribution in [2.45, 2.75) is 32.0 Å². The topological polar surface area (TPSA) is 87.7 Å². The first-order valence-electron chi connectivity index (χ1n) is 5.73. The molecular weight excluding hydrogens is 270 g/mol. The fourth-order valence-corrected chi connectivity index (χ4v) is 2.23. The minimum Gasteiger partial charge on any atom is -0.740 e. The molecule has 1 heterocycles. The first-order chi connectivity index (χ1) is 8.85. The van der Waals surface area contributed by atoms with Gasteiger partial charge >= 0.3 is 5.97 Å². The molecule has 2 unspecified atom stereocenters. The maximum Gasteiger partial charge on any atom is 0.325 e. The smallest absolute Gasteiger partial charge is 0.325 e. The highest BCUT2D eigenvalue weighted by Gasteiger charge is 2.38. The number of rotatable bonds is 4. The molecule has 2 rings (SSSR count). The van der Waals surface area contributed by atoms with Gasteiger partial charge in [-0.15, -0.1) is 0 Å². The van der Waals surface area contributed by atoms with Crippen LogP contribution in [0, 0.1) is 0 Å². The quantitative estimate of drug-likeness (QED) is 0.645. The van der Waals surface area contributed by atoms with E-state index in [4.69, 9.17) is 4.74 Å². The summed E-state index contributed by atoms with van der Waals surface area (Å²) in [7, 11) is 0. The summed E-state index contributed by atoms with van der Waals surface area (Å²) in [6.45, 7) is 3.57. The van der Waals surface area contributed by atoms with E-state index >= 15 is 0 Å². The lowest BCUT2D eigenvalue weighted by Crippen LogP contribution is -2.39. The molecule has 104 valence electrons. The summed E-state index contributed by atoms with van der Waals surface area (Å²) in [6.07, 6.45) is 0.475. The molecule has 0 aliphatic carbocycles. The first kappa shape index (κ1) is 14.0. The van der Waals surface area contributed by atoms with Crippen molar-refractivity contribution < 1.29 is 22.5 Å². The summed E-state index contributed by atoms with van der Waals surface area (Å²) in [6, 6.07) is 6.10. The minimum absolute atomic E-state index is 0.236. The molecule has 0 aromatic heterocycles. The van der Waals surface area contributed by atoms with Crippen LogP contribution in [-0.4, -0.2) is 26.5 Å². The lowest BCUT2D eigenvalue weighted by Gasteiger charge is -2.16. The number of benzene rings is 1. The first-order valence-corrected chi connectivity index (χ1v) is 6.73. The third-order valence-electron chi connectivity index (χ3n) is 2.69. The van der Waals surface area contributed by atoms with E-state index in [1.807, 2.05) is 0 Å². The van der Waals surface area contributed by atoms with Crippen molar-refractivity contribution in [2.24, 2.45) is 0 Å². The van der Waals surface area contributed by atoms with E-state index in [-0.39, 0.29) is 11.7 Å².